The number of halogens is 1. The summed E-state index contributed by atoms with van der Waals surface area (Å²) in [5.41, 5.74) is 1.75. The zero-order valence-corrected chi connectivity index (χ0v) is 22.3. The Bertz CT molecular complexity index is 1260. The molecule has 3 rings (SSSR count). The number of sulfone groups is 1. The van der Waals surface area contributed by atoms with Crippen molar-refractivity contribution >= 4 is 60.6 Å². The number of ether oxygens (including phenoxy) is 1. The van der Waals surface area contributed by atoms with Crippen molar-refractivity contribution in [2.24, 2.45) is 0 Å². The molecule has 34 heavy (non-hydrogen) atoms. The number of carboxylic acids is 1. The maximum Gasteiger partial charge on any atom is 0.341 e. The summed E-state index contributed by atoms with van der Waals surface area (Å²) < 4.78 is 32.4. The number of carbonyl (C=O) groups is 1. The van der Waals surface area contributed by atoms with Crippen LogP contribution in [0.5, 0.6) is 5.75 Å². The molecule has 184 valence electrons. The predicted molar refractivity (Wildman–Crippen MR) is 141 cm³/mol. The van der Waals surface area contributed by atoms with Crippen LogP contribution >= 0.6 is 34.7 Å². The lowest BCUT2D eigenvalue weighted by atomic mass is 10.1. The van der Waals surface area contributed by atoms with E-state index in [9.17, 15) is 13.2 Å². The lowest BCUT2D eigenvalue weighted by Crippen LogP contribution is -2.21. The summed E-state index contributed by atoms with van der Waals surface area (Å²) in [6.07, 6.45) is 1.29. The molecular formula is C24H28ClNO5S3. The molecule has 0 aliphatic heterocycles. The van der Waals surface area contributed by atoms with Gasteiger partial charge >= 0.3 is 5.97 Å². The Labute approximate surface area is 213 Å². The molecule has 0 unspecified atom stereocenters. The number of carboxylic acid groups (broad SMARTS) is 1. The maximum atomic E-state index is 12.9. The van der Waals surface area contributed by atoms with Gasteiger partial charge in [-0.1, -0.05) is 18.5 Å². The van der Waals surface area contributed by atoms with E-state index >= 15 is 0 Å². The van der Waals surface area contributed by atoms with Crippen molar-refractivity contribution in [1.29, 1.82) is 0 Å². The number of fused-ring (bicyclic) bond motifs is 1. The van der Waals surface area contributed by atoms with Gasteiger partial charge in [0, 0.05) is 26.9 Å². The van der Waals surface area contributed by atoms with Gasteiger partial charge in [0.15, 0.2) is 16.4 Å². The number of aryl methyl sites for hydroxylation is 2. The molecule has 1 aromatic heterocycles. The number of thiophene rings is 1. The number of hydrogen-bond donors (Lipinski definition) is 2. The summed E-state index contributed by atoms with van der Waals surface area (Å²) in [6, 6.07) is 11.2. The second kappa shape index (κ2) is 12.3. The highest BCUT2D eigenvalue weighted by Crippen LogP contribution is 2.36. The van der Waals surface area contributed by atoms with Gasteiger partial charge < -0.3 is 15.2 Å². The number of rotatable bonds is 13. The molecule has 2 aromatic carbocycles. The van der Waals surface area contributed by atoms with Crippen molar-refractivity contribution in [1.82, 2.24) is 5.32 Å². The summed E-state index contributed by atoms with van der Waals surface area (Å²) in [5, 5.41) is 13.6. The summed E-state index contributed by atoms with van der Waals surface area (Å²) >= 11 is 9.06. The molecule has 0 fully saturated rings. The van der Waals surface area contributed by atoms with Gasteiger partial charge in [-0.25, -0.2) is 13.2 Å². The largest absolute Gasteiger partial charge is 0.482 e. The van der Waals surface area contributed by atoms with Crippen molar-refractivity contribution in [3.8, 4) is 5.75 Å². The fourth-order valence-corrected chi connectivity index (χ4v) is 7.79. The van der Waals surface area contributed by atoms with E-state index in [1.54, 1.807) is 17.8 Å². The first-order valence-corrected chi connectivity index (χ1v) is 14.8. The Balaban J connectivity index is 1.42. The van der Waals surface area contributed by atoms with Gasteiger partial charge in [-0.3, -0.25) is 0 Å². The zero-order chi connectivity index (χ0) is 24.7. The highest BCUT2D eigenvalue weighted by molar-refractivity contribution is 7.99. The number of benzene rings is 2. The number of thioether (sulfide) groups is 1. The van der Waals surface area contributed by atoms with Crippen LogP contribution in [-0.4, -0.2) is 50.7 Å². The van der Waals surface area contributed by atoms with Crippen molar-refractivity contribution in [3.05, 3.63) is 52.5 Å². The SMILES string of the molecule is CCc1cc(SCCNCCCS(=O)(=O)c2sc3ccc(Cl)cc3c2C)ccc1OCC(=O)O. The average Bonchev–Trinajstić information content (AvgIpc) is 3.13. The van der Waals surface area contributed by atoms with Crippen LogP contribution in [0.1, 0.15) is 24.5 Å². The molecule has 0 saturated carbocycles. The van der Waals surface area contributed by atoms with Crippen LogP contribution in [0.2, 0.25) is 5.02 Å². The second-order valence-electron chi connectivity index (χ2n) is 7.73. The molecule has 1 heterocycles. The molecule has 6 nitrogen and oxygen atoms in total. The van der Waals surface area contributed by atoms with Crippen LogP contribution in [0.15, 0.2) is 45.5 Å². The normalized spacial score (nSPS) is 11.7. The fraction of sp³-hybridized carbons (Fsp3) is 0.375. The van der Waals surface area contributed by atoms with Crippen LogP contribution in [-0.2, 0) is 21.1 Å². The molecule has 0 aliphatic rings. The summed E-state index contributed by atoms with van der Waals surface area (Å²) in [5.74, 6) is 0.543. The highest BCUT2D eigenvalue weighted by atomic mass is 35.5. The Morgan fingerprint density at radius 3 is 2.74 bits per heavy atom. The monoisotopic (exact) mass is 541 g/mol. The number of aliphatic carboxylic acids is 1. The molecule has 0 aliphatic carbocycles. The van der Waals surface area contributed by atoms with Gasteiger partial charge in [-0.05, 0) is 79.2 Å². The Morgan fingerprint density at radius 2 is 2.00 bits per heavy atom. The predicted octanol–water partition coefficient (Wildman–Crippen LogP) is 5.43. The minimum Gasteiger partial charge on any atom is -0.482 e. The molecule has 0 spiro atoms. The van der Waals surface area contributed by atoms with Crippen LogP contribution in [0.3, 0.4) is 0 Å². The standard InChI is InChI=1S/C24H28ClNO5S3/c1-3-17-13-19(6-7-21(17)31-15-23(27)28)32-11-10-26-9-4-12-34(29,30)24-16(2)20-14-18(25)5-8-22(20)33-24/h5-8,13-14,26H,3-4,9-12,15H2,1-2H3,(H,27,28). The van der Waals surface area contributed by atoms with Crippen LogP contribution in [0.4, 0.5) is 0 Å². The molecule has 0 radical (unpaired) electrons. The highest BCUT2D eigenvalue weighted by Gasteiger charge is 2.21. The van der Waals surface area contributed by atoms with Crippen LogP contribution in [0.25, 0.3) is 10.1 Å². The molecule has 0 bridgehead atoms. The second-order valence-corrected chi connectivity index (χ2v) is 12.7. The minimum absolute atomic E-state index is 0.103. The zero-order valence-electron chi connectivity index (χ0n) is 19.1. The summed E-state index contributed by atoms with van der Waals surface area (Å²) in [7, 11) is -3.34. The van der Waals surface area contributed by atoms with E-state index < -0.39 is 15.8 Å². The van der Waals surface area contributed by atoms with Crippen molar-refractivity contribution in [2.45, 2.75) is 35.8 Å². The first-order chi connectivity index (χ1) is 16.2. The van der Waals surface area contributed by atoms with Crippen molar-refractivity contribution < 1.29 is 23.1 Å². The Morgan fingerprint density at radius 1 is 1.21 bits per heavy atom. The first-order valence-electron chi connectivity index (χ1n) is 10.9. The molecule has 0 saturated heterocycles. The third kappa shape index (κ3) is 7.11. The van der Waals surface area contributed by atoms with Crippen molar-refractivity contribution in [3.63, 3.8) is 0 Å². The van der Waals surface area contributed by atoms with E-state index in [-0.39, 0.29) is 12.4 Å². The van der Waals surface area contributed by atoms with E-state index in [2.05, 4.69) is 5.32 Å². The van der Waals surface area contributed by atoms with Crippen LogP contribution < -0.4 is 10.1 Å². The lowest BCUT2D eigenvalue weighted by molar-refractivity contribution is -0.139. The number of hydrogen-bond acceptors (Lipinski definition) is 7. The van der Waals surface area contributed by atoms with Crippen molar-refractivity contribution in [2.75, 3.05) is 31.2 Å². The van der Waals surface area contributed by atoms with Gasteiger partial charge in [0.25, 0.3) is 0 Å². The smallest absolute Gasteiger partial charge is 0.341 e. The van der Waals surface area contributed by atoms with E-state index in [0.29, 0.717) is 27.9 Å². The van der Waals surface area contributed by atoms with Gasteiger partial charge in [0.05, 0.1) is 5.75 Å². The lowest BCUT2D eigenvalue weighted by Gasteiger charge is -2.11. The summed E-state index contributed by atoms with van der Waals surface area (Å²) in [4.78, 5) is 11.8. The number of nitrogens with one attached hydrogen (secondary N) is 1. The topological polar surface area (TPSA) is 92.7 Å². The minimum atomic E-state index is -3.34. The van der Waals surface area contributed by atoms with Gasteiger partial charge in [0.2, 0.25) is 0 Å². The van der Waals surface area contributed by atoms with E-state index in [4.69, 9.17) is 21.4 Å². The quantitative estimate of drug-likeness (QED) is 0.220. The third-order valence-corrected chi connectivity index (χ3v) is 10.2. The first kappa shape index (κ1) is 26.8. The third-order valence-electron chi connectivity index (χ3n) is 5.22. The molecular weight excluding hydrogens is 514 g/mol. The van der Waals surface area contributed by atoms with E-state index in [1.165, 1.54) is 11.3 Å². The van der Waals surface area contributed by atoms with E-state index in [0.717, 1.165) is 44.8 Å². The molecule has 10 heteroatoms. The molecule has 3 aromatic rings. The summed E-state index contributed by atoms with van der Waals surface area (Å²) in [6.45, 7) is 4.87. The van der Waals surface area contributed by atoms with Gasteiger partial charge in [-0.15, -0.1) is 23.1 Å². The van der Waals surface area contributed by atoms with Gasteiger partial charge in [0.1, 0.15) is 9.96 Å². The molecule has 2 N–H and O–H groups in total. The van der Waals surface area contributed by atoms with Gasteiger partial charge in [-0.2, -0.15) is 0 Å². The molecule has 0 atom stereocenters. The average molecular weight is 542 g/mol. The Kier molecular flexibility index (Phi) is 9.67. The van der Waals surface area contributed by atoms with E-state index in [1.807, 2.05) is 44.2 Å². The maximum absolute atomic E-state index is 12.9. The fourth-order valence-electron chi connectivity index (χ4n) is 3.52. The van der Waals surface area contributed by atoms with Crippen LogP contribution in [0, 0.1) is 6.92 Å². The Hall–Kier alpha value is -1.78. The molecule has 0 amide bonds.